The molecule has 3 N–H and O–H groups in total. The van der Waals surface area contributed by atoms with Crippen LogP contribution in [0.25, 0.3) is 5.70 Å². The Morgan fingerprint density at radius 2 is 1.97 bits per heavy atom. The van der Waals surface area contributed by atoms with Crippen LogP contribution in [0, 0.1) is 5.92 Å². The number of nitrogens with one attached hydrogen (secondary N) is 1. The number of aldehydes is 1. The van der Waals surface area contributed by atoms with Gasteiger partial charge >= 0.3 is 11.7 Å². The van der Waals surface area contributed by atoms with Crippen molar-refractivity contribution in [2.45, 2.75) is 38.6 Å². The molecule has 0 aromatic carbocycles. The second-order valence-electron chi connectivity index (χ2n) is 7.97. The van der Waals surface area contributed by atoms with Crippen molar-refractivity contribution in [1.82, 2.24) is 19.4 Å². The molecule has 1 aliphatic carbocycles. The van der Waals surface area contributed by atoms with Gasteiger partial charge in [-0.15, -0.1) is 0 Å². The van der Waals surface area contributed by atoms with Gasteiger partial charge in [-0.2, -0.15) is 4.98 Å². The third-order valence-corrected chi connectivity index (χ3v) is 5.05. The van der Waals surface area contributed by atoms with Crippen molar-refractivity contribution in [2.24, 2.45) is 11.7 Å². The predicted molar refractivity (Wildman–Crippen MR) is 111 cm³/mol. The fourth-order valence-electron chi connectivity index (χ4n) is 3.29. The van der Waals surface area contributed by atoms with Crippen LogP contribution >= 0.6 is 0 Å². The maximum atomic E-state index is 12.5. The molecule has 0 saturated carbocycles. The molecule has 1 aliphatic heterocycles. The standard InChI is InChI=1S/C20H26N6O4/c1-20(2,21)17(28)24-9-11-25(12-10-24)18(29)22-16-7-8-26(19(30)23-16)15-5-3-14(13-27)4-6-15/h5,7-9,11,13-14H,3-4,6,10,12,21H2,1-2H3,(H,22,23,29,30). The highest BCUT2D eigenvalue weighted by molar-refractivity contribution is 5.90. The van der Waals surface area contributed by atoms with Gasteiger partial charge in [0.2, 0.25) is 5.91 Å². The minimum Gasteiger partial charge on any atom is -0.318 e. The van der Waals surface area contributed by atoms with Crippen molar-refractivity contribution in [3.63, 3.8) is 0 Å². The van der Waals surface area contributed by atoms with E-state index >= 15 is 0 Å². The van der Waals surface area contributed by atoms with E-state index in [0.717, 1.165) is 12.0 Å². The number of anilines is 1. The molecule has 2 aliphatic rings. The highest BCUT2D eigenvalue weighted by Crippen LogP contribution is 2.24. The summed E-state index contributed by atoms with van der Waals surface area (Å²) in [7, 11) is 0. The lowest BCUT2D eigenvalue weighted by Gasteiger charge is -2.32. The first kappa shape index (κ1) is 21.4. The zero-order chi connectivity index (χ0) is 21.9. The predicted octanol–water partition coefficient (Wildman–Crippen LogP) is 0.968. The molecule has 2 heterocycles. The summed E-state index contributed by atoms with van der Waals surface area (Å²) in [5, 5.41) is 2.59. The average Bonchev–Trinajstić information content (AvgIpc) is 2.73. The fraction of sp³-hybridized carbons (Fsp3) is 0.450. The number of hydrogen-bond donors (Lipinski definition) is 2. The summed E-state index contributed by atoms with van der Waals surface area (Å²) in [6.45, 7) is 3.85. The second kappa shape index (κ2) is 8.62. The molecule has 10 heteroatoms. The maximum Gasteiger partial charge on any atom is 0.353 e. The molecule has 1 aromatic heterocycles. The number of urea groups is 1. The Hall–Kier alpha value is -3.27. The van der Waals surface area contributed by atoms with E-state index in [1.165, 1.54) is 26.8 Å². The van der Waals surface area contributed by atoms with Crippen molar-refractivity contribution in [3.8, 4) is 0 Å². The molecule has 0 radical (unpaired) electrons. The molecule has 1 aromatic rings. The molecule has 0 fully saturated rings. The smallest absolute Gasteiger partial charge is 0.318 e. The monoisotopic (exact) mass is 414 g/mol. The fourth-order valence-corrected chi connectivity index (χ4v) is 3.29. The van der Waals surface area contributed by atoms with Gasteiger partial charge in [0, 0.05) is 43.3 Å². The number of amides is 3. The molecule has 3 amide bonds. The minimum absolute atomic E-state index is 0.00397. The van der Waals surface area contributed by atoms with Gasteiger partial charge in [0.1, 0.15) is 12.1 Å². The highest BCUT2D eigenvalue weighted by Gasteiger charge is 2.29. The molecule has 30 heavy (non-hydrogen) atoms. The first-order chi connectivity index (χ1) is 14.2. The minimum atomic E-state index is -0.995. The zero-order valence-corrected chi connectivity index (χ0v) is 17.1. The number of rotatable bonds is 4. The van der Waals surface area contributed by atoms with Crippen LogP contribution < -0.4 is 16.7 Å². The van der Waals surface area contributed by atoms with Crippen molar-refractivity contribution < 1.29 is 14.4 Å². The average molecular weight is 414 g/mol. The van der Waals surface area contributed by atoms with Crippen LogP contribution in [-0.2, 0) is 9.59 Å². The topological polar surface area (TPSA) is 131 Å². The molecular weight excluding hydrogens is 388 g/mol. The van der Waals surface area contributed by atoms with Crippen LogP contribution in [0.3, 0.4) is 0 Å². The summed E-state index contributed by atoms with van der Waals surface area (Å²) in [6.07, 6.45) is 9.28. The lowest BCUT2D eigenvalue weighted by Crippen LogP contribution is -2.52. The maximum absolute atomic E-state index is 12.5. The van der Waals surface area contributed by atoms with Gasteiger partial charge < -0.3 is 15.4 Å². The normalized spacial score (nSPS) is 19.3. The van der Waals surface area contributed by atoms with Crippen molar-refractivity contribution in [1.29, 1.82) is 0 Å². The summed E-state index contributed by atoms with van der Waals surface area (Å²) in [5.74, 6) is -0.102. The van der Waals surface area contributed by atoms with Gasteiger partial charge in [0.25, 0.3) is 0 Å². The molecule has 10 nitrogen and oxygen atoms in total. The van der Waals surface area contributed by atoms with Crippen molar-refractivity contribution in [3.05, 3.63) is 41.2 Å². The number of carbonyl (C=O) groups excluding carboxylic acids is 3. The second-order valence-corrected chi connectivity index (χ2v) is 7.97. The summed E-state index contributed by atoms with van der Waals surface area (Å²) in [4.78, 5) is 54.7. The van der Waals surface area contributed by atoms with Gasteiger partial charge in [0.15, 0.2) is 0 Å². The van der Waals surface area contributed by atoms with E-state index in [1.54, 1.807) is 26.1 Å². The first-order valence-corrected chi connectivity index (χ1v) is 9.79. The number of nitrogens with two attached hydrogens (primary N) is 1. The summed E-state index contributed by atoms with van der Waals surface area (Å²) in [6, 6.07) is 1.09. The zero-order valence-electron chi connectivity index (χ0n) is 17.1. The third kappa shape index (κ3) is 4.82. The Labute approximate surface area is 174 Å². The lowest BCUT2D eigenvalue weighted by molar-refractivity contribution is -0.133. The number of allylic oxidation sites excluding steroid dienone is 2. The first-order valence-electron chi connectivity index (χ1n) is 9.79. The van der Waals surface area contributed by atoms with Crippen LogP contribution in [0.5, 0.6) is 0 Å². The number of aromatic nitrogens is 2. The van der Waals surface area contributed by atoms with Gasteiger partial charge in [-0.1, -0.05) is 6.08 Å². The van der Waals surface area contributed by atoms with E-state index in [9.17, 15) is 19.2 Å². The van der Waals surface area contributed by atoms with Gasteiger partial charge in [-0.3, -0.25) is 19.6 Å². The largest absolute Gasteiger partial charge is 0.353 e. The quantitative estimate of drug-likeness (QED) is 0.706. The molecule has 3 rings (SSSR count). The van der Waals surface area contributed by atoms with Crippen LogP contribution in [0.2, 0.25) is 0 Å². The number of carbonyl (C=O) groups is 3. The Balaban J connectivity index is 1.63. The van der Waals surface area contributed by atoms with E-state index in [1.807, 2.05) is 6.08 Å². The molecule has 1 unspecified atom stereocenters. The highest BCUT2D eigenvalue weighted by atomic mass is 16.2. The number of nitrogens with zero attached hydrogens (tertiary/aromatic N) is 4. The molecule has 0 bridgehead atoms. The molecule has 0 saturated heterocycles. The van der Waals surface area contributed by atoms with E-state index in [4.69, 9.17) is 5.73 Å². The molecule has 160 valence electrons. The molecule has 1 atom stereocenters. The van der Waals surface area contributed by atoms with E-state index in [2.05, 4.69) is 10.3 Å². The lowest BCUT2D eigenvalue weighted by atomic mass is 9.94. The van der Waals surface area contributed by atoms with Crippen LogP contribution in [0.1, 0.15) is 33.1 Å². The third-order valence-electron chi connectivity index (χ3n) is 5.05. The van der Waals surface area contributed by atoms with Gasteiger partial charge in [-0.05, 0) is 39.2 Å². The van der Waals surface area contributed by atoms with E-state index < -0.39 is 17.3 Å². The van der Waals surface area contributed by atoms with E-state index in [0.29, 0.717) is 25.8 Å². The van der Waals surface area contributed by atoms with Crippen molar-refractivity contribution in [2.75, 3.05) is 18.4 Å². The van der Waals surface area contributed by atoms with Crippen molar-refractivity contribution >= 4 is 29.7 Å². The van der Waals surface area contributed by atoms with Crippen LogP contribution in [0.15, 0.2) is 35.5 Å². The van der Waals surface area contributed by atoms with Crippen LogP contribution in [-0.4, -0.2) is 56.2 Å². The molecular formula is C20H26N6O4. The summed E-state index contributed by atoms with van der Waals surface area (Å²) < 4.78 is 1.43. The Kier molecular flexibility index (Phi) is 6.16. The molecule has 0 spiro atoms. The van der Waals surface area contributed by atoms with Gasteiger partial charge in [-0.25, -0.2) is 9.59 Å². The Morgan fingerprint density at radius 1 is 1.27 bits per heavy atom. The Bertz CT molecular complexity index is 959. The van der Waals surface area contributed by atoms with E-state index in [-0.39, 0.29) is 24.2 Å². The Morgan fingerprint density at radius 3 is 2.50 bits per heavy atom. The summed E-state index contributed by atoms with van der Waals surface area (Å²) in [5.41, 5.74) is 5.13. The number of hydrogen-bond acceptors (Lipinski definition) is 6. The van der Waals surface area contributed by atoms with Gasteiger partial charge in [0.05, 0.1) is 5.54 Å². The summed E-state index contributed by atoms with van der Waals surface area (Å²) >= 11 is 0. The SMILES string of the molecule is CC(C)(N)C(=O)N1C=CN(C(=O)Nc2ccn(C3=CCC(C=O)CC3)c(=O)n2)CC1. The van der Waals surface area contributed by atoms with Crippen LogP contribution in [0.4, 0.5) is 10.6 Å².